The van der Waals surface area contributed by atoms with Crippen molar-refractivity contribution in [1.29, 1.82) is 0 Å². The van der Waals surface area contributed by atoms with Gasteiger partial charge in [0.15, 0.2) is 0 Å². The van der Waals surface area contributed by atoms with Crippen LogP contribution in [-0.4, -0.2) is 31.3 Å². The van der Waals surface area contributed by atoms with Crippen molar-refractivity contribution in [3.63, 3.8) is 0 Å². The predicted molar refractivity (Wildman–Crippen MR) is 52.8 cm³/mol. The summed E-state index contributed by atoms with van der Waals surface area (Å²) in [6.07, 6.45) is 4.37. The highest BCUT2D eigenvalue weighted by atomic mass is 16.6. The van der Waals surface area contributed by atoms with E-state index < -0.39 is 0 Å². The molecule has 0 spiro atoms. The van der Waals surface area contributed by atoms with E-state index in [1.165, 1.54) is 0 Å². The van der Waals surface area contributed by atoms with Gasteiger partial charge in [-0.25, -0.2) is 4.79 Å². The summed E-state index contributed by atoms with van der Waals surface area (Å²) in [5.41, 5.74) is 5.34. The Kier molecular flexibility index (Phi) is 4.90. The van der Waals surface area contributed by atoms with Gasteiger partial charge in [0.1, 0.15) is 12.7 Å². The lowest BCUT2D eigenvalue weighted by Crippen LogP contribution is -2.26. The van der Waals surface area contributed by atoms with Crippen molar-refractivity contribution in [3.05, 3.63) is 0 Å². The van der Waals surface area contributed by atoms with E-state index in [9.17, 15) is 4.79 Å². The van der Waals surface area contributed by atoms with E-state index in [4.69, 9.17) is 15.2 Å². The van der Waals surface area contributed by atoms with E-state index >= 15 is 0 Å². The molecule has 0 aromatic heterocycles. The average molecular weight is 201 g/mol. The number of carbonyl (C=O) groups excluding carboxylic acids is 1. The molecule has 14 heavy (non-hydrogen) atoms. The van der Waals surface area contributed by atoms with Crippen molar-refractivity contribution >= 4 is 5.97 Å². The minimum absolute atomic E-state index is 0.0227. The van der Waals surface area contributed by atoms with Crippen LogP contribution in [0.1, 0.15) is 32.6 Å². The molecule has 82 valence electrons. The van der Waals surface area contributed by atoms with Crippen molar-refractivity contribution in [2.24, 2.45) is 5.73 Å². The molecule has 1 aliphatic carbocycles. The lowest BCUT2D eigenvalue weighted by atomic mass is 10.3. The molecule has 0 aromatic carbocycles. The number of hydrogen-bond acceptors (Lipinski definition) is 4. The van der Waals surface area contributed by atoms with Crippen molar-refractivity contribution in [2.45, 2.75) is 44.8 Å². The average Bonchev–Trinajstić information content (AvgIpc) is 2.66. The van der Waals surface area contributed by atoms with E-state index in [0.717, 1.165) is 25.7 Å². The van der Waals surface area contributed by atoms with Crippen LogP contribution in [-0.2, 0) is 14.3 Å². The Hall–Kier alpha value is -0.610. The first kappa shape index (κ1) is 11.5. The van der Waals surface area contributed by atoms with Crippen molar-refractivity contribution < 1.29 is 14.3 Å². The summed E-state index contributed by atoms with van der Waals surface area (Å²) in [6, 6.07) is 0. The molecule has 0 amide bonds. The molecule has 1 atom stereocenters. The summed E-state index contributed by atoms with van der Waals surface area (Å²) < 4.78 is 10.4. The number of rotatable bonds is 5. The molecular weight excluding hydrogens is 182 g/mol. The maximum Gasteiger partial charge on any atom is 0.332 e. The van der Waals surface area contributed by atoms with Gasteiger partial charge in [0.05, 0.1) is 6.10 Å². The smallest absolute Gasteiger partial charge is 0.332 e. The summed E-state index contributed by atoms with van der Waals surface area (Å²) in [5, 5.41) is 0. The SMILES string of the molecule is CC(CN)OCC(=O)OC1CCCC1. The Morgan fingerprint density at radius 2 is 2.14 bits per heavy atom. The zero-order valence-electron chi connectivity index (χ0n) is 8.70. The minimum atomic E-state index is -0.266. The second-order valence-corrected chi connectivity index (χ2v) is 3.75. The summed E-state index contributed by atoms with van der Waals surface area (Å²) in [7, 11) is 0. The third-order valence-electron chi connectivity index (χ3n) is 2.42. The van der Waals surface area contributed by atoms with Gasteiger partial charge >= 0.3 is 5.97 Å². The Morgan fingerprint density at radius 1 is 1.50 bits per heavy atom. The lowest BCUT2D eigenvalue weighted by molar-refractivity contribution is -0.155. The molecule has 0 heterocycles. The molecular formula is C10H19NO3. The normalized spacial score (nSPS) is 19.6. The van der Waals surface area contributed by atoms with E-state index in [0.29, 0.717) is 6.54 Å². The predicted octanol–water partition coefficient (Wildman–Crippen LogP) is 0.836. The van der Waals surface area contributed by atoms with Gasteiger partial charge in [-0.2, -0.15) is 0 Å². The third kappa shape index (κ3) is 4.07. The number of hydrogen-bond donors (Lipinski definition) is 1. The maximum atomic E-state index is 11.2. The van der Waals surface area contributed by atoms with Gasteiger partial charge in [-0.3, -0.25) is 0 Å². The topological polar surface area (TPSA) is 61.5 Å². The van der Waals surface area contributed by atoms with Gasteiger partial charge in [0, 0.05) is 6.54 Å². The standard InChI is InChI=1S/C10H19NO3/c1-8(6-11)13-7-10(12)14-9-4-2-3-5-9/h8-9H,2-7,11H2,1H3. The van der Waals surface area contributed by atoms with Crippen LogP contribution in [0.25, 0.3) is 0 Å². The van der Waals surface area contributed by atoms with Crippen LogP contribution in [0.15, 0.2) is 0 Å². The Morgan fingerprint density at radius 3 is 2.71 bits per heavy atom. The monoisotopic (exact) mass is 201 g/mol. The molecule has 2 N–H and O–H groups in total. The fraction of sp³-hybridized carbons (Fsp3) is 0.900. The van der Waals surface area contributed by atoms with Gasteiger partial charge < -0.3 is 15.2 Å². The van der Waals surface area contributed by atoms with E-state index in [2.05, 4.69) is 0 Å². The second-order valence-electron chi connectivity index (χ2n) is 3.75. The van der Waals surface area contributed by atoms with Gasteiger partial charge in [-0.1, -0.05) is 0 Å². The van der Waals surface area contributed by atoms with Crippen LogP contribution in [0.4, 0.5) is 0 Å². The molecule has 1 rings (SSSR count). The fourth-order valence-corrected chi connectivity index (χ4v) is 1.50. The fourth-order valence-electron chi connectivity index (χ4n) is 1.50. The van der Waals surface area contributed by atoms with Crippen molar-refractivity contribution in [1.82, 2.24) is 0 Å². The molecule has 0 bridgehead atoms. The first-order chi connectivity index (χ1) is 6.72. The molecule has 1 unspecified atom stereocenters. The zero-order valence-corrected chi connectivity index (χ0v) is 8.70. The molecule has 0 saturated heterocycles. The number of carbonyl (C=O) groups is 1. The molecule has 1 fully saturated rings. The van der Waals surface area contributed by atoms with Crippen LogP contribution in [0.2, 0.25) is 0 Å². The summed E-state index contributed by atoms with van der Waals surface area (Å²) in [5.74, 6) is -0.266. The number of esters is 1. The first-order valence-corrected chi connectivity index (χ1v) is 5.23. The molecule has 0 aromatic rings. The quantitative estimate of drug-likeness (QED) is 0.669. The van der Waals surface area contributed by atoms with Crippen LogP contribution >= 0.6 is 0 Å². The summed E-state index contributed by atoms with van der Waals surface area (Å²) >= 11 is 0. The van der Waals surface area contributed by atoms with Crippen molar-refractivity contribution in [2.75, 3.05) is 13.2 Å². The highest BCUT2D eigenvalue weighted by Gasteiger charge is 2.19. The first-order valence-electron chi connectivity index (χ1n) is 5.23. The molecule has 1 saturated carbocycles. The number of ether oxygens (including phenoxy) is 2. The molecule has 0 aliphatic heterocycles. The highest BCUT2D eigenvalue weighted by molar-refractivity contribution is 5.70. The third-order valence-corrected chi connectivity index (χ3v) is 2.42. The summed E-state index contributed by atoms with van der Waals surface area (Å²) in [4.78, 5) is 11.2. The van der Waals surface area contributed by atoms with Crippen molar-refractivity contribution in [3.8, 4) is 0 Å². The zero-order chi connectivity index (χ0) is 10.4. The summed E-state index contributed by atoms with van der Waals surface area (Å²) in [6.45, 7) is 2.29. The van der Waals surface area contributed by atoms with Crippen LogP contribution < -0.4 is 5.73 Å². The molecule has 1 aliphatic rings. The highest BCUT2D eigenvalue weighted by Crippen LogP contribution is 2.20. The van der Waals surface area contributed by atoms with Gasteiger partial charge in [0.2, 0.25) is 0 Å². The Balaban J connectivity index is 2.09. The van der Waals surface area contributed by atoms with Crippen LogP contribution in [0.3, 0.4) is 0 Å². The molecule has 4 nitrogen and oxygen atoms in total. The molecule has 4 heteroatoms. The largest absolute Gasteiger partial charge is 0.461 e. The van der Waals surface area contributed by atoms with Gasteiger partial charge in [-0.15, -0.1) is 0 Å². The maximum absolute atomic E-state index is 11.2. The Bertz CT molecular complexity index is 178. The van der Waals surface area contributed by atoms with E-state index in [1.807, 2.05) is 6.92 Å². The van der Waals surface area contributed by atoms with Crippen LogP contribution in [0, 0.1) is 0 Å². The van der Waals surface area contributed by atoms with E-state index in [-0.39, 0.29) is 24.8 Å². The second kappa shape index (κ2) is 5.98. The van der Waals surface area contributed by atoms with Crippen LogP contribution in [0.5, 0.6) is 0 Å². The van der Waals surface area contributed by atoms with Gasteiger partial charge in [0.25, 0.3) is 0 Å². The number of nitrogens with two attached hydrogens (primary N) is 1. The lowest BCUT2D eigenvalue weighted by Gasteiger charge is -2.13. The minimum Gasteiger partial charge on any atom is -0.461 e. The Labute approximate surface area is 84.7 Å². The molecule has 0 radical (unpaired) electrons. The van der Waals surface area contributed by atoms with Gasteiger partial charge in [-0.05, 0) is 32.6 Å². The van der Waals surface area contributed by atoms with E-state index in [1.54, 1.807) is 0 Å².